The van der Waals surface area contributed by atoms with Crippen LogP contribution in [-0.4, -0.2) is 61.4 Å². The van der Waals surface area contributed by atoms with Crippen LogP contribution in [-0.2, 0) is 4.79 Å². The minimum atomic E-state index is -0.237. The van der Waals surface area contributed by atoms with Gasteiger partial charge in [-0.3, -0.25) is 9.59 Å². The van der Waals surface area contributed by atoms with Crippen molar-refractivity contribution < 1.29 is 9.59 Å². The zero-order valence-electron chi connectivity index (χ0n) is 12.3. The first-order chi connectivity index (χ1) is 10.1. The van der Waals surface area contributed by atoms with Crippen LogP contribution in [0.25, 0.3) is 0 Å². The lowest BCUT2D eigenvalue weighted by Crippen LogP contribution is -2.47. The molecule has 6 nitrogen and oxygen atoms in total. The van der Waals surface area contributed by atoms with Crippen molar-refractivity contribution in [2.45, 2.75) is 6.42 Å². The van der Waals surface area contributed by atoms with Gasteiger partial charge < -0.3 is 20.9 Å². The molecule has 0 aliphatic carbocycles. The van der Waals surface area contributed by atoms with Crippen LogP contribution >= 0.6 is 0 Å². The van der Waals surface area contributed by atoms with Crippen LogP contribution in [0.5, 0.6) is 0 Å². The summed E-state index contributed by atoms with van der Waals surface area (Å²) in [5.41, 5.74) is 6.64. The maximum Gasteiger partial charge on any atom is 0.253 e. The highest BCUT2D eigenvalue weighted by atomic mass is 16.2. The highest BCUT2D eigenvalue weighted by molar-refractivity contribution is 5.99. The lowest BCUT2D eigenvalue weighted by atomic mass is 10.1. The number of nitrogens with one attached hydrogen (secondary N) is 1. The fourth-order valence-corrected chi connectivity index (χ4v) is 2.30. The molecule has 0 aromatic heterocycles. The van der Waals surface area contributed by atoms with Crippen molar-refractivity contribution >= 4 is 17.5 Å². The molecule has 1 saturated heterocycles. The van der Waals surface area contributed by atoms with Crippen molar-refractivity contribution in [3.63, 3.8) is 0 Å². The number of para-hydroxylation sites is 1. The molecule has 1 aliphatic rings. The van der Waals surface area contributed by atoms with Gasteiger partial charge in [0.1, 0.15) is 0 Å². The van der Waals surface area contributed by atoms with E-state index in [4.69, 9.17) is 5.73 Å². The Bertz CT molecular complexity index is 510. The number of nitrogen functional groups attached to an aromatic ring is 1. The maximum absolute atomic E-state index is 12.0. The third-order valence-corrected chi connectivity index (χ3v) is 3.69. The number of carbonyl (C=O) groups is 2. The average molecular weight is 290 g/mol. The smallest absolute Gasteiger partial charge is 0.253 e. The summed E-state index contributed by atoms with van der Waals surface area (Å²) in [6.45, 7) is 3.65. The molecule has 6 heteroatoms. The first kappa shape index (κ1) is 15.3. The Balaban J connectivity index is 1.75. The van der Waals surface area contributed by atoms with Gasteiger partial charge in [0.2, 0.25) is 5.91 Å². The van der Waals surface area contributed by atoms with Gasteiger partial charge in [-0.15, -0.1) is 0 Å². The summed E-state index contributed by atoms with van der Waals surface area (Å²) in [5.74, 6) is -0.149. The van der Waals surface area contributed by atoms with Crippen LogP contribution in [0.15, 0.2) is 24.3 Å². The molecule has 1 aromatic rings. The predicted octanol–water partition coefficient (Wildman–Crippen LogP) is 0.163. The highest BCUT2D eigenvalue weighted by Gasteiger charge is 2.18. The summed E-state index contributed by atoms with van der Waals surface area (Å²) >= 11 is 0. The number of piperazine rings is 1. The number of anilines is 1. The van der Waals surface area contributed by atoms with E-state index in [1.165, 1.54) is 0 Å². The van der Waals surface area contributed by atoms with Gasteiger partial charge in [-0.2, -0.15) is 0 Å². The normalized spacial score (nSPS) is 15.8. The zero-order chi connectivity index (χ0) is 15.2. The van der Waals surface area contributed by atoms with Crippen LogP contribution in [0.2, 0.25) is 0 Å². The van der Waals surface area contributed by atoms with Crippen molar-refractivity contribution in [2.24, 2.45) is 0 Å². The molecule has 2 rings (SSSR count). The summed E-state index contributed by atoms with van der Waals surface area (Å²) in [7, 11) is 2.05. The summed E-state index contributed by atoms with van der Waals surface area (Å²) < 4.78 is 0. The van der Waals surface area contributed by atoms with Crippen molar-refractivity contribution in [1.82, 2.24) is 15.1 Å². The molecule has 0 bridgehead atoms. The summed E-state index contributed by atoms with van der Waals surface area (Å²) in [6, 6.07) is 6.90. The Morgan fingerprint density at radius 3 is 2.52 bits per heavy atom. The molecule has 114 valence electrons. The van der Waals surface area contributed by atoms with Gasteiger partial charge in [0.25, 0.3) is 5.91 Å². The minimum Gasteiger partial charge on any atom is -0.398 e. The number of amides is 2. The Hall–Kier alpha value is -2.08. The second-order valence-electron chi connectivity index (χ2n) is 5.28. The minimum absolute atomic E-state index is 0.0874. The van der Waals surface area contributed by atoms with Crippen LogP contribution in [0.4, 0.5) is 5.69 Å². The fraction of sp³-hybridized carbons (Fsp3) is 0.467. The van der Waals surface area contributed by atoms with Crippen molar-refractivity contribution in [3.05, 3.63) is 29.8 Å². The molecule has 0 unspecified atom stereocenters. The lowest BCUT2D eigenvalue weighted by Gasteiger charge is -2.32. The SMILES string of the molecule is CN1CCN(C(=O)CCNC(=O)c2ccccc2N)CC1. The van der Waals surface area contributed by atoms with E-state index in [-0.39, 0.29) is 11.8 Å². The third-order valence-electron chi connectivity index (χ3n) is 3.69. The Morgan fingerprint density at radius 2 is 1.86 bits per heavy atom. The molecule has 0 radical (unpaired) electrons. The third kappa shape index (κ3) is 4.19. The fourth-order valence-electron chi connectivity index (χ4n) is 2.30. The van der Waals surface area contributed by atoms with E-state index in [1.807, 2.05) is 11.9 Å². The van der Waals surface area contributed by atoms with E-state index in [0.29, 0.717) is 24.2 Å². The first-order valence-electron chi connectivity index (χ1n) is 7.17. The number of hydrogen-bond donors (Lipinski definition) is 2. The molecule has 1 aliphatic heterocycles. The van der Waals surface area contributed by atoms with Crippen molar-refractivity contribution in [1.29, 1.82) is 0 Å². The standard InChI is InChI=1S/C15H22N4O2/c1-18-8-10-19(11-9-18)14(20)6-7-17-15(21)12-4-2-3-5-13(12)16/h2-5H,6-11,16H2,1H3,(H,17,21). The molecule has 1 heterocycles. The molecular weight excluding hydrogens is 268 g/mol. The summed E-state index contributed by atoms with van der Waals surface area (Å²) in [5, 5.41) is 2.74. The molecule has 1 aromatic carbocycles. The predicted molar refractivity (Wildman–Crippen MR) is 81.9 cm³/mol. The van der Waals surface area contributed by atoms with Crippen molar-refractivity contribution in [3.8, 4) is 0 Å². The molecule has 2 amide bonds. The molecule has 0 spiro atoms. The number of nitrogens with zero attached hydrogens (tertiary/aromatic N) is 2. The molecule has 1 fully saturated rings. The van der Waals surface area contributed by atoms with E-state index in [2.05, 4.69) is 10.2 Å². The number of carbonyl (C=O) groups excluding carboxylic acids is 2. The van der Waals surface area contributed by atoms with Crippen LogP contribution in [0.3, 0.4) is 0 Å². The summed E-state index contributed by atoms with van der Waals surface area (Å²) in [4.78, 5) is 28.0. The number of likely N-dealkylation sites (N-methyl/N-ethyl adjacent to an activating group) is 1. The summed E-state index contributed by atoms with van der Waals surface area (Å²) in [6.07, 6.45) is 0.322. The lowest BCUT2D eigenvalue weighted by molar-refractivity contribution is -0.132. The molecule has 0 atom stereocenters. The second-order valence-corrected chi connectivity index (χ2v) is 5.28. The van der Waals surface area contributed by atoms with Gasteiger partial charge in [-0.25, -0.2) is 0 Å². The van der Waals surface area contributed by atoms with Gasteiger partial charge >= 0.3 is 0 Å². The molecule has 3 N–H and O–H groups in total. The molecule has 0 saturated carbocycles. The quantitative estimate of drug-likeness (QED) is 0.775. The van der Waals surface area contributed by atoms with E-state index < -0.39 is 0 Å². The van der Waals surface area contributed by atoms with E-state index in [0.717, 1.165) is 26.2 Å². The van der Waals surface area contributed by atoms with E-state index in [1.54, 1.807) is 24.3 Å². The Labute approximate surface area is 124 Å². The number of hydrogen-bond acceptors (Lipinski definition) is 4. The van der Waals surface area contributed by atoms with E-state index >= 15 is 0 Å². The topological polar surface area (TPSA) is 78.7 Å². The van der Waals surface area contributed by atoms with Crippen molar-refractivity contribution in [2.75, 3.05) is 45.5 Å². The monoisotopic (exact) mass is 290 g/mol. The second kappa shape index (κ2) is 7.08. The number of nitrogens with two attached hydrogens (primary N) is 1. The van der Waals surface area contributed by atoms with Gasteiger partial charge in [-0.1, -0.05) is 12.1 Å². The largest absolute Gasteiger partial charge is 0.398 e. The molecule has 21 heavy (non-hydrogen) atoms. The first-order valence-corrected chi connectivity index (χ1v) is 7.17. The van der Waals surface area contributed by atoms with Crippen LogP contribution < -0.4 is 11.1 Å². The molecular formula is C15H22N4O2. The Morgan fingerprint density at radius 1 is 1.19 bits per heavy atom. The van der Waals surface area contributed by atoms with Gasteiger partial charge in [-0.05, 0) is 19.2 Å². The number of benzene rings is 1. The average Bonchev–Trinajstić information content (AvgIpc) is 2.48. The van der Waals surface area contributed by atoms with Gasteiger partial charge in [0, 0.05) is 44.8 Å². The van der Waals surface area contributed by atoms with E-state index in [9.17, 15) is 9.59 Å². The zero-order valence-corrected chi connectivity index (χ0v) is 12.3. The van der Waals surface area contributed by atoms with Gasteiger partial charge in [0.15, 0.2) is 0 Å². The maximum atomic E-state index is 12.0. The number of rotatable bonds is 4. The van der Waals surface area contributed by atoms with Crippen LogP contribution in [0, 0.1) is 0 Å². The van der Waals surface area contributed by atoms with Crippen LogP contribution in [0.1, 0.15) is 16.8 Å². The highest BCUT2D eigenvalue weighted by Crippen LogP contribution is 2.09. The Kier molecular flexibility index (Phi) is 5.16. The van der Waals surface area contributed by atoms with Gasteiger partial charge in [0.05, 0.1) is 5.56 Å².